The molecule has 7 heteroatoms. The van der Waals surface area contributed by atoms with Crippen LogP contribution in [0, 0.1) is 0 Å². The van der Waals surface area contributed by atoms with Gasteiger partial charge in [-0.15, -0.1) is 0 Å². The Morgan fingerprint density at radius 1 is 1.21 bits per heavy atom. The molecule has 1 heterocycles. The van der Waals surface area contributed by atoms with E-state index in [9.17, 15) is 4.79 Å². The molecule has 2 aromatic carbocycles. The fourth-order valence-electron chi connectivity index (χ4n) is 3.23. The first-order chi connectivity index (χ1) is 13.4. The van der Waals surface area contributed by atoms with E-state index in [1.165, 1.54) is 6.92 Å². The summed E-state index contributed by atoms with van der Waals surface area (Å²) in [4.78, 5) is 12.3. The fraction of sp³-hybridized carbons (Fsp3) is 0.238. The number of hydrogen-bond acceptors (Lipinski definition) is 4. The molecule has 1 unspecified atom stereocenters. The van der Waals surface area contributed by atoms with E-state index in [4.69, 9.17) is 33.3 Å². The van der Waals surface area contributed by atoms with E-state index in [0.717, 1.165) is 16.8 Å². The Balaban J connectivity index is 2.04. The smallest absolute Gasteiger partial charge is 0.171 e. The molecule has 146 valence electrons. The van der Waals surface area contributed by atoms with Crippen LogP contribution in [0.2, 0.25) is 5.02 Å². The molecule has 2 N–H and O–H groups in total. The van der Waals surface area contributed by atoms with Crippen LogP contribution in [0.15, 0.2) is 53.7 Å². The maximum absolute atomic E-state index is 12.3. The molecule has 0 aromatic heterocycles. The van der Waals surface area contributed by atoms with E-state index in [1.54, 1.807) is 7.11 Å². The molecule has 0 saturated carbocycles. The van der Waals surface area contributed by atoms with Crippen LogP contribution in [0.25, 0.3) is 0 Å². The molecule has 2 aromatic rings. The molecule has 0 spiro atoms. The van der Waals surface area contributed by atoms with E-state index in [2.05, 4.69) is 10.6 Å². The summed E-state index contributed by atoms with van der Waals surface area (Å²) in [6, 6.07) is 12.6. The van der Waals surface area contributed by atoms with Crippen molar-refractivity contribution in [2.75, 3.05) is 7.11 Å². The lowest BCUT2D eigenvalue weighted by Crippen LogP contribution is -2.44. The summed E-state index contributed by atoms with van der Waals surface area (Å²) in [6.45, 7) is 3.63. The zero-order valence-corrected chi connectivity index (χ0v) is 17.4. The van der Waals surface area contributed by atoms with Crippen molar-refractivity contribution in [2.45, 2.75) is 26.5 Å². The van der Waals surface area contributed by atoms with Gasteiger partial charge in [-0.3, -0.25) is 4.79 Å². The van der Waals surface area contributed by atoms with Crippen LogP contribution in [0.5, 0.6) is 11.5 Å². The maximum atomic E-state index is 12.3. The third-order valence-electron chi connectivity index (χ3n) is 4.52. The second kappa shape index (κ2) is 8.63. The number of carbonyl (C=O) groups excluding carboxylic acids is 1. The molecule has 1 atom stereocenters. The van der Waals surface area contributed by atoms with Gasteiger partial charge in [0.1, 0.15) is 6.61 Å². The highest BCUT2D eigenvalue weighted by atomic mass is 35.5. The van der Waals surface area contributed by atoms with Crippen LogP contribution in [-0.2, 0) is 11.4 Å². The zero-order chi connectivity index (χ0) is 20.3. The quantitative estimate of drug-likeness (QED) is 0.684. The number of halogens is 1. The first kappa shape index (κ1) is 20.2. The van der Waals surface area contributed by atoms with Crippen molar-refractivity contribution in [3.63, 3.8) is 0 Å². The Labute approximate surface area is 174 Å². The lowest BCUT2D eigenvalue weighted by atomic mass is 9.92. The Bertz CT molecular complexity index is 958. The predicted octanol–water partition coefficient (Wildman–Crippen LogP) is 4.31. The number of rotatable bonds is 6. The van der Waals surface area contributed by atoms with Gasteiger partial charge in [0, 0.05) is 27.4 Å². The van der Waals surface area contributed by atoms with Gasteiger partial charge in [0.05, 0.1) is 13.2 Å². The molecule has 5 nitrogen and oxygen atoms in total. The summed E-state index contributed by atoms with van der Waals surface area (Å²) in [5, 5.41) is 7.27. The van der Waals surface area contributed by atoms with Crippen molar-refractivity contribution in [1.29, 1.82) is 0 Å². The maximum Gasteiger partial charge on any atom is 0.171 e. The van der Waals surface area contributed by atoms with Crippen molar-refractivity contribution in [3.8, 4) is 11.5 Å². The standard InChI is InChI=1S/C21H21ClN2O3S/c1-12-18(13(2)25)19(24-21(28)23-12)15-8-6-10-17(26-3)20(15)27-11-14-7-4-5-9-16(14)22/h4-10,19H,11H2,1-3H3,(H2,23,24,28). The number of benzene rings is 2. The topological polar surface area (TPSA) is 59.6 Å². The van der Waals surface area contributed by atoms with Crippen molar-refractivity contribution in [2.24, 2.45) is 0 Å². The largest absolute Gasteiger partial charge is 0.493 e. The third kappa shape index (κ3) is 4.13. The number of Topliss-reactive ketones (excluding diaryl/α,β-unsaturated/α-hetero) is 1. The highest BCUT2D eigenvalue weighted by Crippen LogP contribution is 2.39. The number of ketones is 1. The van der Waals surface area contributed by atoms with Crippen molar-refractivity contribution >= 4 is 34.7 Å². The molecule has 1 aliphatic rings. The second-order valence-electron chi connectivity index (χ2n) is 6.39. The normalized spacial score (nSPS) is 16.3. The summed E-state index contributed by atoms with van der Waals surface area (Å²) < 4.78 is 11.6. The summed E-state index contributed by atoms with van der Waals surface area (Å²) >= 11 is 11.6. The second-order valence-corrected chi connectivity index (χ2v) is 7.20. The van der Waals surface area contributed by atoms with Gasteiger partial charge in [-0.25, -0.2) is 0 Å². The van der Waals surface area contributed by atoms with Gasteiger partial charge < -0.3 is 20.1 Å². The number of ether oxygens (including phenoxy) is 2. The highest BCUT2D eigenvalue weighted by Gasteiger charge is 2.31. The van der Waals surface area contributed by atoms with Crippen LogP contribution in [-0.4, -0.2) is 18.0 Å². The van der Waals surface area contributed by atoms with Crippen LogP contribution in [0.1, 0.15) is 31.0 Å². The molecule has 1 aliphatic heterocycles. The van der Waals surface area contributed by atoms with E-state index in [0.29, 0.717) is 27.2 Å². The van der Waals surface area contributed by atoms with Crippen molar-refractivity contribution in [1.82, 2.24) is 10.6 Å². The Hall–Kier alpha value is -2.57. The molecule has 0 saturated heterocycles. The first-order valence-electron chi connectivity index (χ1n) is 8.74. The number of hydrogen-bond donors (Lipinski definition) is 2. The lowest BCUT2D eigenvalue weighted by molar-refractivity contribution is -0.114. The summed E-state index contributed by atoms with van der Waals surface area (Å²) in [5.41, 5.74) is 2.94. The Kier molecular flexibility index (Phi) is 6.21. The Morgan fingerprint density at radius 3 is 2.64 bits per heavy atom. The molecular formula is C21H21ClN2O3S. The first-order valence-corrected chi connectivity index (χ1v) is 9.53. The molecule has 3 rings (SSSR count). The molecule has 0 aliphatic carbocycles. The van der Waals surface area contributed by atoms with Crippen LogP contribution in [0.3, 0.4) is 0 Å². The minimum absolute atomic E-state index is 0.0510. The van der Waals surface area contributed by atoms with Gasteiger partial charge in [0.15, 0.2) is 22.4 Å². The number of carbonyl (C=O) groups is 1. The van der Waals surface area contributed by atoms with Gasteiger partial charge in [-0.05, 0) is 38.2 Å². The van der Waals surface area contributed by atoms with Gasteiger partial charge in [0.2, 0.25) is 0 Å². The van der Waals surface area contributed by atoms with Crippen molar-refractivity contribution < 1.29 is 14.3 Å². The SMILES string of the molecule is COc1cccc(C2NC(=S)NC(C)=C2C(C)=O)c1OCc1ccccc1Cl. The summed E-state index contributed by atoms with van der Waals surface area (Å²) in [5.74, 6) is 1.06. The highest BCUT2D eigenvalue weighted by molar-refractivity contribution is 7.80. The lowest BCUT2D eigenvalue weighted by Gasteiger charge is -2.31. The van der Waals surface area contributed by atoms with Crippen LogP contribution < -0.4 is 20.1 Å². The molecule has 0 amide bonds. The number of methoxy groups -OCH3 is 1. The zero-order valence-electron chi connectivity index (χ0n) is 15.8. The van der Waals surface area contributed by atoms with Gasteiger partial charge >= 0.3 is 0 Å². The molecule has 0 bridgehead atoms. The van der Waals surface area contributed by atoms with Gasteiger partial charge in [-0.1, -0.05) is 41.9 Å². The molecule has 0 radical (unpaired) electrons. The van der Waals surface area contributed by atoms with E-state index < -0.39 is 6.04 Å². The van der Waals surface area contributed by atoms with Crippen LogP contribution in [0.4, 0.5) is 0 Å². The van der Waals surface area contributed by atoms with E-state index >= 15 is 0 Å². The van der Waals surface area contributed by atoms with E-state index in [1.807, 2.05) is 49.4 Å². The number of nitrogens with one attached hydrogen (secondary N) is 2. The van der Waals surface area contributed by atoms with Crippen molar-refractivity contribution in [3.05, 3.63) is 69.9 Å². The summed E-state index contributed by atoms with van der Waals surface area (Å²) in [6.07, 6.45) is 0. The molecular weight excluding hydrogens is 396 g/mol. The Morgan fingerprint density at radius 2 is 1.96 bits per heavy atom. The third-order valence-corrected chi connectivity index (χ3v) is 5.11. The predicted molar refractivity (Wildman–Crippen MR) is 114 cm³/mol. The van der Waals surface area contributed by atoms with Crippen LogP contribution >= 0.6 is 23.8 Å². The minimum atomic E-state index is -0.442. The molecule has 28 heavy (non-hydrogen) atoms. The fourth-order valence-corrected chi connectivity index (χ4v) is 3.70. The monoisotopic (exact) mass is 416 g/mol. The average molecular weight is 417 g/mol. The number of para-hydroxylation sites is 1. The van der Waals surface area contributed by atoms with Gasteiger partial charge in [-0.2, -0.15) is 0 Å². The number of thiocarbonyl (C=S) groups is 1. The summed E-state index contributed by atoms with van der Waals surface area (Å²) in [7, 11) is 1.58. The van der Waals surface area contributed by atoms with Gasteiger partial charge in [0.25, 0.3) is 0 Å². The number of allylic oxidation sites excluding steroid dienone is 1. The molecule has 0 fully saturated rings. The van der Waals surface area contributed by atoms with E-state index in [-0.39, 0.29) is 12.4 Å². The minimum Gasteiger partial charge on any atom is -0.493 e. The average Bonchev–Trinajstić information content (AvgIpc) is 2.66.